The minimum atomic E-state index is 0.0444. The minimum Gasteiger partial charge on any atom is -0.355 e. The Hall–Kier alpha value is -0.580. The molecule has 2 rings (SSSR count). The maximum atomic E-state index is 11.7. The van der Waals surface area contributed by atoms with E-state index >= 15 is 0 Å². The molecule has 0 saturated heterocycles. The molecule has 0 bridgehead atoms. The lowest BCUT2D eigenvalue weighted by molar-refractivity contribution is -0.121. The van der Waals surface area contributed by atoms with E-state index in [1.807, 2.05) is 18.2 Å². The highest BCUT2D eigenvalue weighted by Gasteiger charge is 2.28. The van der Waals surface area contributed by atoms with Gasteiger partial charge in [0.05, 0.1) is 0 Å². The molecule has 0 radical (unpaired) electrons. The van der Waals surface area contributed by atoms with Crippen LogP contribution in [-0.4, -0.2) is 18.5 Å². The highest BCUT2D eigenvalue weighted by atomic mass is 79.9. The SMILES string of the molecule is NC(CNC(=O)CCc1cc(Cl)ccc1Br)C1CC1. The summed E-state index contributed by atoms with van der Waals surface area (Å²) in [5.74, 6) is 0.658. The minimum absolute atomic E-state index is 0.0444. The zero-order valence-corrected chi connectivity index (χ0v) is 13.0. The molecule has 1 aliphatic carbocycles. The number of rotatable bonds is 6. The summed E-state index contributed by atoms with van der Waals surface area (Å²) in [5, 5.41) is 3.59. The lowest BCUT2D eigenvalue weighted by Gasteiger charge is -2.11. The summed E-state index contributed by atoms with van der Waals surface area (Å²) in [4.78, 5) is 11.7. The first-order valence-corrected chi connectivity index (χ1v) is 7.69. The van der Waals surface area contributed by atoms with Gasteiger partial charge in [-0.15, -0.1) is 0 Å². The second-order valence-corrected chi connectivity index (χ2v) is 6.33. The lowest BCUT2D eigenvalue weighted by Crippen LogP contribution is -2.38. The van der Waals surface area contributed by atoms with Crippen molar-refractivity contribution >= 4 is 33.4 Å². The molecule has 3 nitrogen and oxygen atoms in total. The predicted octanol–water partition coefficient (Wildman–Crippen LogP) is 2.89. The van der Waals surface area contributed by atoms with Crippen LogP contribution >= 0.6 is 27.5 Å². The van der Waals surface area contributed by atoms with Gasteiger partial charge in [0.2, 0.25) is 5.91 Å². The second-order valence-electron chi connectivity index (χ2n) is 5.04. The van der Waals surface area contributed by atoms with Gasteiger partial charge in [-0.1, -0.05) is 27.5 Å². The van der Waals surface area contributed by atoms with Crippen molar-refractivity contribution in [2.45, 2.75) is 31.7 Å². The van der Waals surface area contributed by atoms with E-state index in [0.717, 1.165) is 10.0 Å². The quantitative estimate of drug-likeness (QED) is 0.833. The molecule has 1 aromatic rings. The Bertz CT molecular complexity index is 463. The number of carbonyl (C=O) groups is 1. The van der Waals surface area contributed by atoms with E-state index in [1.165, 1.54) is 12.8 Å². The zero-order chi connectivity index (χ0) is 13.8. The molecule has 1 unspecified atom stereocenters. The van der Waals surface area contributed by atoms with Gasteiger partial charge in [0, 0.05) is 28.5 Å². The van der Waals surface area contributed by atoms with Crippen molar-refractivity contribution in [1.29, 1.82) is 0 Å². The van der Waals surface area contributed by atoms with Crippen LogP contribution in [-0.2, 0) is 11.2 Å². The monoisotopic (exact) mass is 344 g/mol. The molecule has 0 heterocycles. The molecule has 0 aromatic heterocycles. The van der Waals surface area contributed by atoms with Gasteiger partial charge in [0.25, 0.3) is 0 Å². The van der Waals surface area contributed by atoms with Gasteiger partial charge in [-0.3, -0.25) is 4.79 Å². The summed E-state index contributed by atoms with van der Waals surface area (Å²) in [6, 6.07) is 5.72. The van der Waals surface area contributed by atoms with Gasteiger partial charge in [-0.25, -0.2) is 0 Å². The molecular weight excluding hydrogens is 328 g/mol. The normalized spacial score (nSPS) is 16.2. The van der Waals surface area contributed by atoms with Crippen molar-refractivity contribution < 1.29 is 4.79 Å². The largest absolute Gasteiger partial charge is 0.355 e. The van der Waals surface area contributed by atoms with E-state index in [2.05, 4.69) is 21.2 Å². The van der Waals surface area contributed by atoms with E-state index in [1.54, 1.807) is 0 Å². The van der Waals surface area contributed by atoms with Crippen molar-refractivity contribution in [3.05, 3.63) is 33.3 Å². The highest BCUT2D eigenvalue weighted by molar-refractivity contribution is 9.10. The van der Waals surface area contributed by atoms with Crippen LogP contribution in [0.3, 0.4) is 0 Å². The van der Waals surface area contributed by atoms with E-state index in [9.17, 15) is 4.79 Å². The first-order chi connectivity index (χ1) is 9.06. The average molecular weight is 346 g/mol. The van der Waals surface area contributed by atoms with Gasteiger partial charge in [0.1, 0.15) is 0 Å². The summed E-state index contributed by atoms with van der Waals surface area (Å²) in [5.41, 5.74) is 6.99. The van der Waals surface area contributed by atoms with Crippen LogP contribution < -0.4 is 11.1 Å². The molecule has 104 valence electrons. The summed E-state index contributed by atoms with van der Waals surface area (Å²) < 4.78 is 0.986. The Balaban J connectivity index is 1.74. The molecule has 1 saturated carbocycles. The Morgan fingerprint density at radius 3 is 2.95 bits per heavy atom. The van der Waals surface area contributed by atoms with E-state index in [4.69, 9.17) is 17.3 Å². The summed E-state index contributed by atoms with van der Waals surface area (Å²) in [7, 11) is 0. The van der Waals surface area contributed by atoms with Crippen LogP contribution in [0.1, 0.15) is 24.8 Å². The number of aryl methyl sites for hydroxylation is 1. The van der Waals surface area contributed by atoms with E-state index < -0.39 is 0 Å². The van der Waals surface area contributed by atoms with Crippen LogP contribution in [0.25, 0.3) is 0 Å². The smallest absolute Gasteiger partial charge is 0.220 e. The third-order valence-corrected chi connectivity index (χ3v) is 4.40. The van der Waals surface area contributed by atoms with Crippen molar-refractivity contribution in [3.8, 4) is 0 Å². The van der Waals surface area contributed by atoms with Gasteiger partial charge in [0.15, 0.2) is 0 Å². The Morgan fingerprint density at radius 2 is 2.26 bits per heavy atom. The maximum absolute atomic E-state index is 11.7. The molecule has 0 spiro atoms. The molecule has 1 fully saturated rings. The van der Waals surface area contributed by atoms with Crippen molar-refractivity contribution in [3.63, 3.8) is 0 Å². The number of hydrogen-bond donors (Lipinski definition) is 2. The molecule has 1 atom stereocenters. The summed E-state index contributed by atoms with van der Waals surface area (Å²) in [6.45, 7) is 0.584. The number of hydrogen-bond acceptors (Lipinski definition) is 2. The third kappa shape index (κ3) is 4.79. The molecule has 0 aliphatic heterocycles. The third-order valence-electron chi connectivity index (χ3n) is 3.39. The van der Waals surface area contributed by atoms with Gasteiger partial charge < -0.3 is 11.1 Å². The zero-order valence-electron chi connectivity index (χ0n) is 10.7. The topological polar surface area (TPSA) is 55.1 Å². The molecule has 19 heavy (non-hydrogen) atoms. The van der Waals surface area contributed by atoms with Crippen LogP contribution in [0.5, 0.6) is 0 Å². The molecule has 1 amide bonds. The standard InChI is InChI=1S/C14H18BrClN2O/c15-12-5-4-11(16)7-10(12)3-6-14(19)18-8-13(17)9-1-2-9/h4-5,7,9,13H,1-3,6,8,17H2,(H,18,19). The molecule has 5 heteroatoms. The van der Waals surface area contributed by atoms with E-state index in [-0.39, 0.29) is 11.9 Å². The predicted molar refractivity (Wildman–Crippen MR) is 81.2 cm³/mol. The number of amides is 1. The highest BCUT2D eigenvalue weighted by Crippen LogP contribution is 2.31. The maximum Gasteiger partial charge on any atom is 0.220 e. The van der Waals surface area contributed by atoms with Crippen LogP contribution in [0, 0.1) is 5.92 Å². The van der Waals surface area contributed by atoms with Gasteiger partial charge in [-0.2, -0.15) is 0 Å². The first-order valence-electron chi connectivity index (χ1n) is 6.52. The number of halogens is 2. The lowest BCUT2D eigenvalue weighted by atomic mass is 10.1. The van der Waals surface area contributed by atoms with Crippen molar-refractivity contribution in [1.82, 2.24) is 5.32 Å². The number of carbonyl (C=O) groups excluding carboxylic acids is 1. The van der Waals surface area contributed by atoms with Crippen LogP contribution in [0.15, 0.2) is 22.7 Å². The Labute approximate surface area is 127 Å². The Morgan fingerprint density at radius 1 is 1.53 bits per heavy atom. The summed E-state index contributed by atoms with van der Waals surface area (Å²) >= 11 is 9.40. The number of nitrogens with one attached hydrogen (secondary N) is 1. The van der Waals surface area contributed by atoms with Gasteiger partial charge in [-0.05, 0) is 48.9 Å². The summed E-state index contributed by atoms with van der Waals surface area (Å²) in [6.07, 6.45) is 3.53. The van der Waals surface area contributed by atoms with Crippen molar-refractivity contribution in [2.75, 3.05) is 6.54 Å². The fourth-order valence-corrected chi connectivity index (χ4v) is 2.63. The molecule has 1 aliphatic rings. The molecule has 3 N–H and O–H groups in total. The number of nitrogens with two attached hydrogens (primary N) is 1. The fourth-order valence-electron chi connectivity index (χ4n) is 1.99. The van der Waals surface area contributed by atoms with Gasteiger partial charge >= 0.3 is 0 Å². The van der Waals surface area contributed by atoms with Crippen LogP contribution in [0.2, 0.25) is 5.02 Å². The first kappa shape index (κ1) is 14.8. The second kappa shape index (κ2) is 6.73. The molecular formula is C14H18BrClN2O. The van der Waals surface area contributed by atoms with Crippen LogP contribution in [0.4, 0.5) is 0 Å². The average Bonchev–Trinajstić information content (AvgIpc) is 3.21. The Kier molecular flexibility index (Phi) is 5.25. The van der Waals surface area contributed by atoms with E-state index in [0.29, 0.717) is 30.3 Å². The molecule has 1 aromatic carbocycles. The number of benzene rings is 1. The van der Waals surface area contributed by atoms with Crippen molar-refractivity contribution in [2.24, 2.45) is 11.7 Å². The fraction of sp³-hybridized carbons (Fsp3) is 0.500.